The highest BCUT2D eigenvalue weighted by Gasteiger charge is 1.96. The van der Waals surface area contributed by atoms with Gasteiger partial charge in [0.05, 0.1) is 0 Å². The Balaban J connectivity index is 2.84. The van der Waals surface area contributed by atoms with Crippen LogP contribution in [0.15, 0.2) is 9.68 Å². The first-order chi connectivity index (χ1) is 3.83. The summed E-state index contributed by atoms with van der Waals surface area (Å²) in [7, 11) is 0. The van der Waals surface area contributed by atoms with Crippen LogP contribution in [0.1, 0.15) is 0 Å². The van der Waals surface area contributed by atoms with Crippen molar-refractivity contribution in [2.75, 3.05) is 12.0 Å². The molecule has 2 N–H and O–H groups in total. The molecule has 0 aliphatic carbocycles. The molecule has 0 aliphatic rings. The Labute approximate surface area is 50.4 Å². The number of thioether (sulfide) groups is 1. The van der Waals surface area contributed by atoms with Crippen molar-refractivity contribution in [1.29, 1.82) is 0 Å². The Morgan fingerprint density at radius 1 is 1.75 bits per heavy atom. The molecule has 0 saturated carbocycles. The van der Waals surface area contributed by atoms with Crippen molar-refractivity contribution in [2.45, 2.75) is 5.16 Å². The van der Waals surface area contributed by atoms with Crippen LogP contribution in [0.2, 0.25) is 0 Å². The van der Waals surface area contributed by atoms with Crippen molar-refractivity contribution in [3.8, 4) is 0 Å². The summed E-state index contributed by atoms with van der Waals surface area (Å²) in [6.45, 7) is 0. The van der Waals surface area contributed by atoms with E-state index in [9.17, 15) is 0 Å². The van der Waals surface area contributed by atoms with E-state index < -0.39 is 0 Å². The molecule has 1 aromatic heterocycles. The van der Waals surface area contributed by atoms with Crippen molar-refractivity contribution < 1.29 is 4.52 Å². The standard InChI is InChI=1S/C3H5N3OS/c1-8-3-5-2(4)7-6-3/h1H3,(H2,4,5,6). The largest absolute Gasteiger partial charge is 0.351 e. The molecule has 0 amide bonds. The van der Waals surface area contributed by atoms with Gasteiger partial charge in [0.1, 0.15) is 0 Å². The summed E-state index contributed by atoms with van der Waals surface area (Å²) in [4.78, 5) is 3.69. The molecule has 0 saturated heterocycles. The first-order valence-electron chi connectivity index (χ1n) is 1.96. The topological polar surface area (TPSA) is 64.9 Å². The van der Waals surface area contributed by atoms with E-state index in [0.717, 1.165) is 0 Å². The van der Waals surface area contributed by atoms with Gasteiger partial charge in [-0.15, -0.1) is 0 Å². The number of aromatic nitrogens is 2. The lowest BCUT2D eigenvalue weighted by Gasteiger charge is -1.73. The van der Waals surface area contributed by atoms with Crippen LogP contribution in [0, 0.1) is 0 Å². The van der Waals surface area contributed by atoms with Gasteiger partial charge < -0.3 is 10.3 Å². The van der Waals surface area contributed by atoms with Gasteiger partial charge in [0.15, 0.2) is 0 Å². The number of rotatable bonds is 1. The summed E-state index contributed by atoms with van der Waals surface area (Å²) >= 11 is 1.39. The molecule has 4 nitrogen and oxygen atoms in total. The molecule has 1 heterocycles. The van der Waals surface area contributed by atoms with Gasteiger partial charge in [0.2, 0.25) is 5.16 Å². The summed E-state index contributed by atoms with van der Waals surface area (Å²) in [5, 5.41) is 4.06. The molecule has 0 aliphatic heterocycles. The highest BCUT2D eigenvalue weighted by Crippen LogP contribution is 2.08. The lowest BCUT2D eigenvalue weighted by molar-refractivity contribution is 0.419. The molecule has 8 heavy (non-hydrogen) atoms. The third-order valence-corrected chi connectivity index (χ3v) is 1.14. The number of nitrogen functional groups attached to an aromatic ring is 1. The molecule has 5 heteroatoms. The highest BCUT2D eigenvalue weighted by molar-refractivity contribution is 7.98. The Kier molecular flexibility index (Phi) is 1.38. The second kappa shape index (κ2) is 2.04. The lowest BCUT2D eigenvalue weighted by atomic mass is 11.2. The van der Waals surface area contributed by atoms with Crippen molar-refractivity contribution in [3.63, 3.8) is 0 Å². The molecule has 0 spiro atoms. The van der Waals surface area contributed by atoms with E-state index in [1.54, 1.807) is 0 Å². The van der Waals surface area contributed by atoms with E-state index in [0.29, 0.717) is 5.16 Å². The monoisotopic (exact) mass is 131 g/mol. The van der Waals surface area contributed by atoms with Gasteiger partial charge in [0, 0.05) is 0 Å². The van der Waals surface area contributed by atoms with Crippen LogP contribution in [-0.4, -0.2) is 16.4 Å². The number of nitrogens with two attached hydrogens (primary N) is 1. The average molecular weight is 131 g/mol. The maximum absolute atomic E-state index is 5.10. The summed E-state index contributed by atoms with van der Waals surface area (Å²) in [6, 6.07) is 0.120. The van der Waals surface area contributed by atoms with Crippen LogP contribution < -0.4 is 5.73 Å². The molecule has 1 aromatic rings. The smallest absolute Gasteiger partial charge is 0.319 e. The van der Waals surface area contributed by atoms with Gasteiger partial charge in [-0.25, -0.2) is 0 Å². The molecule has 1 rings (SSSR count). The zero-order chi connectivity index (χ0) is 5.98. The molecule has 0 unspecified atom stereocenters. The maximum Gasteiger partial charge on any atom is 0.319 e. The average Bonchev–Trinajstić information content (AvgIpc) is 2.14. The Morgan fingerprint density at radius 3 is 2.75 bits per heavy atom. The van der Waals surface area contributed by atoms with E-state index in [1.807, 2.05) is 6.26 Å². The van der Waals surface area contributed by atoms with Crippen molar-refractivity contribution in [2.24, 2.45) is 0 Å². The third-order valence-electron chi connectivity index (χ3n) is 0.606. The molecule has 0 radical (unpaired) electrons. The fraction of sp³-hybridized carbons (Fsp3) is 0.333. The van der Waals surface area contributed by atoms with Crippen LogP contribution >= 0.6 is 11.8 Å². The first-order valence-corrected chi connectivity index (χ1v) is 3.18. The maximum atomic E-state index is 5.10. The van der Waals surface area contributed by atoms with Crippen molar-refractivity contribution in [1.82, 2.24) is 10.1 Å². The van der Waals surface area contributed by atoms with E-state index >= 15 is 0 Å². The Hall–Kier alpha value is -0.710. The lowest BCUT2D eigenvalue weighted by Crippen LogP contribution is -1.81. The van der Waals surface area contributed by atoms with Crippen molar-refractivity contribution >= 4 is 17.8 Å². The highest BCUT2D eigenvalue weighted by atomic mass is 32.2. The summed E-state index contributed by atoms with van der Waals surface area (Å²) < 4.78 is 4.45. The zero-order valence-electron chi connectivity index (χ0n) is 4.29. The van der Waals surface area contributed by atoms with Crippen LogP contribution in [0.5, 0.6) is 0 Å². The van der Waals surface area contributed by atoms with Gasteiger partial charge >= 0.3 is 6.01 Å². The number of hydrogen-bond acceptors (Lipinski definition) is 5. The molecule has 0 bridgehead atoms. The Morgan fingerprint density at radius 2 is 2.50 bits per heavy atom. The summed E-state index contributed by atoms with van der Waals surface area (Å²) in [6.07, 6.45) is 1.85. The SMILES string of the molecule is CSc1noc(N)n1. The normalized spacial score (nSPS) is 9.62. The number of hydrogen-bond donors (Lipinski definition) is 1. The van der Waals surface area contributed by atoms with Crippen LogP contribution in [0.25, 0.3) is 0 Å². The van der Waals surface area contributed by atoms with Crippen LogP contribution in [-0.2, 0) is 0 Å². The van der Waals surface area contributed by atoms with E-state index in [1.165, 1.54) is 11.8 Å². The van der Waals surface area contributed by atoms with Gasteiger partial charge in [-0.3, -0.25) is 0 Å². The van der Waals surface area contributed by atoms with Gasteiger partial charge in [-0.2, -0.15) is 4.98 Å². The fourth-order valence-electron chi connectivity index (χ4n) is 0.304. The second-order valence-electron chi connectivity index (χ2n) is 1.12. The minimum Gasteiger partial charge on any atom is -0.351 e. The molecule has 0 fully saturated rings. The molecule has 0 aromatic carbocycles. The molecular weight excluding hydrogens is 126 g/mol. The minimum absolute atomic E-state index is 0.120. The quantitative estimate of drug-likeness (QED) is 0.558. The number of nitrogens with zero attached hydrogens (tertiary/aromatic N) is 2. The molecule has 0 atom stereocenters. The molecule has 44 valence electrons. The minimum atomic E-state index is 0.120. The van der Waals surface area contributed by atoms with E-state index in [4.69, 9.17) is 5.73 Å². The summed E-state index contributed by atoms with van der Waals surface area (Å²) in [5.74, 6) is 0. The van der Waals surface area contributed by atoms with Crippen molar-refractivity contribution in [3.05, 3.63) is 0 Å². The second-order valence-corrected chi connectivity index (χ2v) is 1.89. The summed E-state index contributed by atoms with van der Waals surface area (Å²) in [5.41, 5.74) is 5.10. The van der Waals surface area contributed by atoms with Gasteiger partial charge in [0.25, 0.3) is 0 Å². The fourth-order valence-corrected chi connectivity index (χ4v) is 0.597. The first kappa shape index (κ1) is 5.43. The Bertz CT molecular complexity index is 175. The zero-order valence-corrected chi connectivity index (χ0v) is 5.10. The number of anilines is 1. The van der Waals surface area contributed by atoms with E-state index in [-0.39, 0.29) is 6.01 Å². The third kappa shape index (κ3) is 0.919. The predicted molar refractivity (Wildman–Crippen MR) is 30.5 cm³/mol. The van der Waals surface area contributed by atoms with E-state index in [2.05, 4.69) is 14.7 Å². The van der Waals surface area contributed by atoms with Crippen LogP contribution in [0.4, 0.5) is 6.01 Å². The molecular formula is C3H5N3OS. The van der Waals surface area contributed by atoms with Gasteiger partial charge in [-0.05, 0) is 11.4 Å². The van der Waals surface area contributed by atoms with Gasteiger partial charge in [-0.1, -0.05) is 11.8 Å². The van der Waals surface area contributed by atoms with Crippen LogP contribution in [0.3, 0.4) is 0 Å². The predicted octanol–water partition coefficient (Wildman–Crippen LogP) is 0.374.